The van der Waals surface area contributed by atoms with Crippen LogP contribution in [0.3, 0.4) is 0 Å². The van der Waals surface area contributed by atoms with Gasteiger partial charge in [-0.05, 0) is 36.2 Å². The lowest BCUT2D eigenvalue weighted by atomic mass is 9.83. The van der Waals surface area contributed by atoms with Crippen molar-refractivity contribution in [3.63, 3.8) is 0 Å². The third-order valence-corrected chi connectivity index (χ3v) is 4.53. The van der Waals surface area contributed by atoms with Crippen LogP contribution in [0, 0.1) is 23.7 Å². The number of hydrogen-bond donors (Lipinski definition) is 0. The Bertz CT molecular complexity index is 375. The second kappa shape index (κ2) is 6.51. The molecule has 1 saturated heterocycles. The highest BCUT2D eigenvalue weighted by Gasteiger charge is 2.28. The summed E-state index contributed by atoms with van der Waals surface area (Å²) in [5, 5.41) is 0. The van der Waals surface area contributed by atoms with Crippen molar-refractivity contribution in [2.75, 3.05) is 13.2 Å². The van der Waals surface area contributed by atoms with Crippen molar-refractivity contribution in [2.45, 2.75) is 46.6 Å². The highest BCUT2D eigenvalue weighted by Crippen LogP contribution is 2.35. The highest BCUT2D eigenvalue weighted by atomic mass is 16.8. The SMILES string of the molecule is CC(C)C1CC(OCC2COC(=O)O2)=CC(C)C(C)C1. The van der Waals surface area contributed by atoms with Crippen molar-refractivity contribution in [1.82, 2.24) is 0 Å². The molecule has 0 amide bonds. The Kier molecular flexibility index (Phi) is 4.95. The van der Waals surface area contributed by atoms with Gasteiger partial charge in [0.1, 0.15) is 13.2 Å². The van der Waals surface area contributed by atoms with Gasteiger partial charge in [0.2, 0.25) is 0 Å². The standard InChI is InChI=1S/C16H26O4/c1-10(2)13-5-11(3)12(4)6-14(7-13)18-8-15-9-19-16(17)20-15/h6,10-13,15H,5,7-9H2,1-4H3. The molecule has 0 radical (unpaired) electrons. The minimum Gasteiger partial charge on any atom is -0.494 e. The maximum atomic E-state index is 10.9. The molecular weight excluding hydrogens is 256 g/mol. The summed E-state index contributed by atoms with van der Waals surface area (Å²) in [6.45, 7) is 9.80. The molecule has 4 atom stereocenters. The van der Waals surface area contributed by atoms with Crippen molar-refractivity contribution in [2.24, 2.45) is 23.7 Å². The van der Waals surface area contributed by atoms with Crippen molar-refractivity contribution in [3.8, 4) is 0 Å². The summed E-state index contributed by atoms with van der Waals surface area (Å²) in [6.07, 6.45) is 3.61. The maximum Gasteiger partial charge on any atom is 0.508 e. The Hall–Kier alpha value is -1.19. The van der Waals surface area contributed by atoms with Crippen LogP contribution in [0.2, 0.25) is 0 Å². The number of rotatable bonds is 4. The van der Waals surface area contributed by atoms with E-state index in [1.54, 1.807) is 0 Å². The highest BCUT2D eigenvalue weighted by molar-refractivity contribution is 5.61. The molecule has 0 aromatic carbocycles. The molecule has 4 heteroatoms. The van der Waals surface area contributed by atoms with Crippen LogP contribution >= 0.6 is 0 Å². The van der Waals surface area contributed by atoms with Gasteiger partial charge in [-0.1, -0.05) is 27.7 Å². The smallest absolute Gasteiger partial charge is 0.494 e. The van der Waals surface area contributed by atoms with Crippen molar-refractivity contribution >= 4 is 6.16 Å². The molecule has 20 heavy (non-hydrogen) atoms. The molecule has 4 unspecified atom stereocenters. The molecule has 0 aromatic rings. The predicted octanol–water partition coefficient (Wildman–Crippen LogP) is 3.76. The van der Waals surface area contributed by atoms with Gasteiger partial charge in [0.25, 0.3) is 0 Å². The average molecular weight is 282 g/mol. The van der Waals surface area contributed by atoms with Crippen LogP contribution in [0.1, 0.15) is 40.5 Å². The number of ether oxygens (including phenoxy) is 3. The molecule has 4 nitrogen and oxygen atoms in total. The van der Waals surface area contributed by atoms with E-state index in [1.165, 1.54) is 6.42 Å². The molecule has 0 saturated carbocycles. The third-order valence-electron chi connectivity index (χ3n) is 4.53. The molecule has 1 aliphatic heterocycles. The van der Waals surface area contributed by atoms with Crippen molar-refractivity contribution < 1.29 is 19.0 Å². The average Bonchev–Trinajstić information content (AvgIpc) is 2.73. The molecule has 1 heterocycles. The van der Waals surface area contributed by atoms with Crippen LogP contribution in [0.25, 0.3) is 0 Å². The van der Waals surface area contributed by atoms with Crippen LogP contribution in [-0.2, 0) is 14.2 Å². The van der Waals surface area contributed by atoms with Gasteiger partial charge < -0.3 is 14.2 Å². The van der Waals surface area contributed by atoms with E-state index >= 15 is 0 Å². The first-order valence-electron chi connectivity index (χ1n) is 7.62. The zero-order chi connectivity index (χ0) is 14.7. The zero-order valence-corrected chi connectivity index (χ0v) is 12.9. The Balaban J connectivity index is 1.93. The minimum absolute atomic E-state index is 0.267. The number of carbonyl (C=O) groups excluding carboxylic acids is 1. The topological polar surface area (TPSA) is 44.8 Å². The van der Waals surface area contributed by atoms with E-state index in [1.807, 2.05) is 0 Å². The maximum absolute atomic E-state index is 10.9. The molecule has 0 aromatic heterocycles. The van der Waals surface area contributed by atoms with Crippen LogP contribution in [0.5, 0.6) is 0 Å². The van der Waals surface area contributed by atoms with Crippen LogP contribution in [-0.4, -0.2) is 25.5 Å². The fraction of sp³-hybridized carbons (Fsp3) is 0.812. The van der Waals surface area contributed by atoms with Gasteiger partial charge in [0.05, 0.1) is 5.76 Å². The monoisotopic (exact) mass is 282 g/mol. The summed E-state index contributed by atoms with van der Waals surface area (Å²) in [4.78, 5) is 10.9. The number of carbonyl (C=O) groups is 1. The second-order valence-electron chi connectivity index (χ2n) is 6.53. The molecular formula is C16H26O4. The van der Waals surface area contributed by atoms with Crippen molar-refractivity contribution in [1.29, 1.82) is 0 Å². The summed E-state index contributed by atoms with van der Waals surface area (Å²) < 4.78 is 15.7. The molecule has 0 bridgehead atoms. The number of cyclic esters (lactones) is 2. The zero-order valence-electron chi connectivity index (χ0n) is 12.9. The van der Waals surface area contributed by atoms with E-state index in [4.69, 9.17) is 14.2 Å². The van der Waals surface area contributed by atoms with Gasteiger partial charge in [-0.15, -0.1) is 0 Å². The number of allylic oxidation sites excluding steroid dienone is 2. The van der Waals surface area contributed by atoms with E-state index in [2.05, 4.69) is 33.8 Å². The third kappa shape index (κ3) is 3.90. The van der Waals surface area contributed by atoms with Gasteiger partial charge in [0, 0.05) is 6.42 Å². The van der Waals surface area contributed by atoms with Crippen molar-refractivity contribution in [3.05, 3.63) is 11.8 Å². The lowest BCUT2D eigenvalue weighted by Gasteiger charge is -2.23. The van der Waals surface area contributed by atoms with E-state index in [9.17, 15) is 4.79 Å². The van der Waals surface area contributed by atoms with Gasteiger partial charge in [-0.25, -0.2) is 4.79 Å². The fourth-order valence-corrected chi connectivity index (χ4v) is 2.82. The summed E-state index contributed by atoms with van der Waals surface area (Å²) in [7, 11) is 0. The van der Waals surface area contributed by atoms with Crippen LogP contribution in [0.15, 0.2) is 11.8 Å². The van der Waals surface area contributed by atoms with Gasteiger partial charge >= 0.3 is 6.16 Å². The molecule has 1 fully saturated rings. The first kappa shape index (κ1) is 15.2. The molecule has 2 aliphatic rings. The van der Waals surface area contributed by atoms with Crippen LogP contribution < -0.4 is 0 Å². The quantitative estimate of drug-likeness (QED) is 0.736. The molecule has 0 spiro atoms. The van der Waals surface area contributed by atoms with Gasteiger partial charge in [0.15, 0.2) is 6.10 Å². The first-order valence-corrected chi connectivity index (χ1v) is 7.62. The summed E-state index contributed by atoms with van der Waals surface area (Å²) >= 11 is 0. The molecule has 114 valence electrons. The second-order valence-corrected chi connectivity index (χ2v) is 6.53. The Labute approximate surface area is 121 Å². The summed E-state index contributed by atoms with van der Waals surface area (Å²) in [6, 6.07) is 0. The minimum atomic E-state index is -0.588. The fourth-order valence-electron chi connectivity index (χ4n) is 2.82. The summed E-state index contributed by atoms with van der Waals surface area (Å²) in [5.41, 5.74) is 0. The molecule has 0 N–H and O–H groups in total. The lowest BCUT2D eigenvalue weighted by Crippen LogP contribution is -2.19. The van der Waals surface area contributed by atoms with E-state index < -0.39 is 6.16 Å². The normalized spacial score (nSPS) is 34.2. The predicted molar refractivity (Wildman–Crippen MR) is 76.1 cm³/mol. The Morgan fingerprint density at radius 1 is 1.40 bits per heavy atom. The number of hydrogen-bond acceptors (Lipinski definition) is 4. The lowest BCUT2D eigenvalue weighted by molar-refractivity contribution is 0.0703. The first-order chi connectivity index (χ1) is 9.45. The van der Waals surface area contributed by atoms with E-state index in [0.717, 1.165) is 12.2 Å². The van der Waals surface area contributed by atoms with E-state index in [0.29, 0.717) is 36.9 Å². The Morgan fingerprint density at radius 3 is 2.75 bits per heavy atom. The van der Waals surface area contributed by atoms with Gasteiger partial charge in [-0.3, -0.25) is 0 Å². The largest absolute Gasteiger partial charge is 0.508 e. The molecule has 1 aliphatic carbocycles. The molecule has 2 rings (SSSR count). The van der Waals surface area contributed by atoms with Crippen LogP contribution in [0.4, 0.5) is 4.79 Å². The Morgan fingerprint density at radius 2 is 2.15 bits per heavy atom. The van der Waals surface area contributed by atoms with Gasteiger partial charge in [-0.2, -0.15) is 0 Å². The summed E-state index contributed by atoms with van der Waals surface area (Å²) in [5.74, 6) is 3.56. The van der Waals surface area contributed by atoms with E-state index in [-0.39, 0.29) is 6.10 Å².